The van der Waals surface area contributed by atoms with E-state index in [-0.39, 0.29) is 43.0 Å². The lowest BCUT2D eigenvalue weighted by Gasteiger charge is -2.14. The second-order valence-corrected chi connectivity index (χ2v) is 6.65. The van der Waals surface area contributed by atoms with Gasteiger partial charge in [0.2, 0.25) is 5.91 Å². The lowest BCUT2D eigenvalue weighted by molar-refractivity contribution is -0.140. The number of aliphatic imine (C=N–C) groups is 1. The van der Waals surface area contributed by atoms with Crippen molar-refractivity contribution in [2.24, 2.45) is 10.9 Å². The number of guanidine groups is 1. The third-order valence-corrected chi connectivity index (χ3v) is 3.65. The molecule has 1 aromatic heterocycles. The molecule has 1 amide bonds. The minimum Gasteiger partial charge on any atom is -0.356 e. The Bertz CT molecular complexity index is 575. The second-order valence-electron chi connectivity index (χ2n) is 5.71. The number of hydrogen-bond donors (Lipinski definition) is 2. The highest BCUT2D eigenvalue weighted by Crippen LogP contribution is 2.29. The van der Waals surface area contributed by atoms with E-state index in [9.17, 15) is 18.0 Å². The van der Waals surface area contributed by atoms with E-state index in [0.29, 0.717) is 23.4 Å². The van der Waals surface area contributed by atoms with E-state index in [1.807, 2.05) is 13.8 Å². The maximum absolute atomic E-state index is 12.5. The molecular formula is C14H23F3IN5OS. The van der Waals surface area contributed by atoms with Crippen LogP contribution < -0.4 is 10.6 Å². The van der Waals surface area contributed by atoms with Crippen LogP contribution in [-0.4, -0.2) is 48.9 Å². The number of halogens is 4. The monoisotopic (exact) mass is 493 g/mol. The minimum absolute atomic E-state index is 0. The van der Waals surface area contributed by atoms with Gasteiger partial charge in [0, 0.05) is 26.0 Å². The Labute approximate surface area is 166 Å². The topological polar surface area (TPSA) is 69.6 Å². The summed E-state index contributed by atoms with van der Waals surface area (Å²) in [6.07, 6.45) is -4.44. The Morgan fingerprint density at radius 3 is 2.48 bits per heavy atom. The number of alkyl halides is 3. The number of thiazole rings is 1. The summed E-state index contributed by atoms with van der Waals surface area (Å²) < 4.78 is 37.6. The summed E-state index contributed by atoms with van der Waals surface area (Å²) in [5.41, 5.74) is -0.902. The van der Waals surface area contributed by atoms with Crippen molar-refractivity contribution >= 4 is 47.2 Å². The quantitative estimate of drug-likeness (QED) is 0.363. The number of amides is 1. The van der Waals surface area contributed by atoms with Gasteiger partial charge in [-0.2, -0.15) is 13.2 Å². The van der Waals surface area contributed by atoms with Crippen LogP contribution in [0.4, 0.5) is 13.2 Å². The highest BCUT2D eigenvalue weighted by atomic mass is 127. The first kappa shape index (κ1) is 23.9. The normalized spacial score (nSPS) is 11.9. The molecule has 0 saturated heterocycles. The third kappa shape index (κ3) is 9.23. The average Bonchev–Trinajstić information content (AvgIpc) is 2.94. The Hall–Kier alpha value is -1.11. The van der Waals surface area contributed by atoms with Crippen LogP contribution in [-0.2, 0) is 17.5 Å². The van der Waals surface area contributed by atoms with Crippen molar-refractivity contribution in [1.82, 2.24) is 20.5 Å². The number of nitrogens with one attached hydrogen (secondary N) is 2. The molecule has 25 heavy (non-hydrogen) atoms. The largest absolute Gasteiger partial charge is 0.434 e. The third-order valence-electron chi connectivity index (χ3n) is 2.80. The van der Waals surface area contributed by atoms with E-state index in [1.165, 1.54) is 4.90 Å². The number of hydrogen-bond acceptors (Lipinski definition) is 4. The van der Waals surface area contributed by atoms with Gasteiger partial charge >= 0.3 is 6.18 Å². The van der Waals surface area contributed by atoms with E-state index >= 15 is 0 Å². The van der Waals surface area contributed by atoms with Crippen LogP contribution in [0.2, 0.25) is 0 Å². The average molecular weight is 493 g/mol. The maximum Gasteiger partial charge on any atom is 0.434 e. The van der Waals surface area contributed by atoms with Gasteiger partial charge in [-0.15, -0.1) is 35.3 Å². The highest BCUT2D eigenvalue weighted by molar-refractivity contribution is 14.0. The lowest BCUT2D eigenvalue weighted by atomic mass is 10.2. The molecule has 0 radical (unpaired) electrons. The van der Waals surface area contributed by atoms with E-state index in [2.05, 4.69) is 20.6 Å². The molecule has 144 valence electrons. The van der Waals surface area contributed by atoms with Crippen molar-refractivity contribution in [3.63, 3.8) is 0 Å². The zero-order valence-electron chi connectivity index (χ0n) is 14.5. The fraction of sp³-hybridized carbons (Fsp3) is 0.643. The van der Waals surface area contributed by atoms with Crippen LogP contribution in [0.1, 0.15) is 24.5 Å². The van der Waals surface area contributed by atoms with Gasteiger partial charge in [-0.25, -0.2) is 9.98 Å². The first-order valence-corrected chi connectivity index (χ1v) is 8.21. The summed E-state index contributed by atoms with van der Waals surface area (Å²) in [5, 5.41) is 7.21. The summed E-state index contributed by atoms with van der Waals surface area (Å²) in [4.78, 5) is 20.7. The molecule has 1 aromatic rings. The van der Waals surface area contributed by atoms with E-state index in [0.717, 1.165) is 16.7 Å². The van der Waals surface area contributed by atoms with Crippen LogP contribution in [0.5, 0.6) is 0 Å². The van der Waals surface area contributed by atoms with Gasteiger partial charge in [0.05, 0.1) is 6.54 Å². The molecule has 0 aliphatic carbocycles. The van der Waals surface area contributed by atoms with Gasteiger partial charge in [-0.05, 0) is 5.92 Å². The molecule has 0 aliphatic heterocycles. The predicted molar refractivity (Wildman–Crippen MR) is 103 cm³/mol. The molecule has 0 bridgehead atoms. The molecule has 0 aliphatic rings. The first-order valence-electron chi connectivity index (χ1n) is 7.33. The minimum atomic E-state index is -4.44. The number of likely N-dealkylation sites (N-methyl/N-ethyl adjacent to an activating group) is 1. The Morgan fingerprint density at radius 1 is 1.36 bits per heavy atom. The SMILES string of the molecule is CC(C)CNC(=NCC(=O)N(C)C)NCc1nc(C(F)(F)F)cs1.I. The fourth-order valence-corrected chi connectivity index (χ4v) is 2.19. The zero-order valence-corrected chi connectivity index (χ0v) is 17.6. The molecule has 6 nitrogen and oxygen atoms in total. The van der Waals surface area contributed by atoms with Gasteiger partial charge in [0.25, 0.3) is 0 Å². The maximum atomic E-state index is 12.5. The Morgan fingerprint density at radius 2 is 2.00 bits per heavy atom. The Balaban J connectivity index is 0.00000576. The van der Waals surface area contributed by atoms with Crippen molar-refractivity contribution in [3.05, 3.63) is 16.1 Å². The molecule has 11 heteroatoms. The molecule has 2 N–H and O–H groups in total. The van der Waals surface area contributed by atoms with E-state index < -0.39 is 11.9 Å². The summed E-state index contributed by atoms with van der Waals surface area (Å²) in [6, 6.07) is 0. The van der Waals surface area contributed by atoms with Crippen molar-refractivity contribution in [1.29, 1.82) is 0 Å². The number of nitrogens with zero attached hydrogens (tertiary/aromatic N) is 3. The highest BCUT2D eigenvalue weighted by Gasteiger charge is 2.33. The summed E-state index contributed by atoms with van der Waals surface area (Å²) >= 11 is 0.921. The van der Waals surface area contributed by atoms with Gasteiger partial charge in [0.15, 0.2) is 11.7 Å². The molecule has 1 heterocycles. The van der Waals surface area contributed by atoms with Crippen LogP contribution in [0.15, 0.2) is 10.4 Å². The molecule has 1 rings (SSSR count). The van der Waals surface area contributed by atoms with Crippen molar-refractivity contribution in [3.8, 4) is 0 Å². The fourth-order valence-electron chi connectivity index (χ4n) is 1.44. The second kappa shape index (κ2) is 10.8. The zero-order chi connectivity index (χ0) is 18.3. The molecule has 0 unspecified atom stereocenters. The van der Waals surface area contributed by atoms with Crippen LogP contribution in [0.3, 0.4) is 0 Å². The molecule has 0 aromatic carbocycles. The predicted octanol–water partition coefficient (Wildman–Crippen LogP) is 2.56. The molecule has 0 spiro atoms. The lowest BCUT2D eigenvalue weighted by Crippen LogP contribution is -2.39. The Kier molecular flexibility index (Phi) is 10.3. The molecule has 0 saturated carbocycles. The van der Waals surface area contributed by atoms with Gasteiger partial charge in [0.1, 0.15) is 11.6 Å². The van der Waals surface area contributed by atoms with Gasteiger partial charge < -0.3 is 15.5 Å². The van der Waals surface area contributed by atoms with Gasteiger partial charge in [-0.3, -0.25) is 4.79 Å². The molecule has 0 fully saturated rings. The van der Waals surface area contributed by atoms with Crippen LogP contribution in [0.25, 0.3) is 0 Å². The van der Waals surface area contributed by atoms with Crippen molar-refractivity contribution in [2.75, 3.05) is 27.2 Å². The summed E-state index contributed by atoms with van der Waals surface area (Å²) in [5.74, 6) is 0.537. The summed E-state index contributed by atoms with van der Waals surface area (Å²) in [6.45, 7) is 4.68. The summed E-state index contributed by atoms with van der Waals surface area (Å²) in [7, 11) is 3.25. The first-order chi connectivity index (χ1) is 11.1. The number of carbonyl (C=O) groups is 1. The molecular weight excluding hydrogens is 470 g/mol. The van der Waals surface area contributed by atoms with E-state index in [1.54, 1.807) is 14.1 Å². The van der Waals surface area contributed by atoms with E-state index in [4.69, 9.17) is 0 Å². The standard InChI is InChI=1S/C14H22F3N5OS.HI/c1-9(2)5-18-13(20-7-12(23)22(3)4)19-6-11-21-10(8-24-11)14(15,16)17;/h8-9H,5-7H2,1-4H3,(H2,18,19,20);1H. The number of rotatable bonds is 6. The van der Waals surface area contributed by atoms with Crippen molar-refractivity contribution < 1.29 is 18.0 Å². The van der Waals surface area contributed by atoms with Gasteiger partial charge in [-0.1, -0.05) is 13.8 Å². The molecule has 0 atom stereocenters. The van der Waals surface area contributed by atoms with Crippen molar-refractivity contribution in [2.45, 2.75) is 26.6 Å². The number of carbonyl (C=O) groups excluding carboxylic acids is 1. The van der Waals surface area contributed by atoms with Crippen LogP contribution in [0, 0.1) is 5.92 Å². The van der Waals surface area contributed by atoms with Crippen LogP contribution >= 0.6 is 35.3 Å². The number of aromatic nitrogens is 1. The smallest absolute Gasteiger partial charge is 0.356 e.